The second-order valence-electron chi connectivity index (χ2n) is 8.57. The van der Waals surface area contributed by atoms with Crippen LogP contribution in [0.25, 0.3) is 0 Å². The third kappa shape index (κ3) is 6.06. The number of amides is 1. The minimum absolute atomic E-state index is 0.0239. The molecule has 1 amide bonds. The van der Waals surface area contributed by atoms with Gasteiger partial charge in [-0.15, -0.1) is 0 Å². The SMILES string of the molecule is Cc1cccc(CS(=O)(=O)c2ncc(Cl)c(C(=O)N(Cc3ccccc3)C3CCS(=O)(=O)C3)n2)c1. The smallest absolute Gasteiger partial charge is 0.274 e. The summed E-state index contributed by atoms with van der Waals surface area (Å²) in [5, 5.41) is -0.617. The summed E-state index contributed by atoms with van der Waals surface area (Å²) in [5.41, 5.74) is 2.00. The van der Waals surface area contributed by atoms with E-state index in [1.807, 2.05) is 43.3 Å². The van der Waals surface area contributed by atoms with Crippen molar-refractivity contribution in [3.8, 4) is 0 Å². The largest absolute Gasteiger partial charge is 0.329 e. The minimum atomic E-state index is -3.97. The first-order valence-electron chi connectivity index (χ1n) is 10.9. The molecule has 1 unspecified atom stereocenters. The van der Waals surface area contributed by atoms with Gasteiger partial charge in [-0.2, -0.15) is 0 Å². The van der Waals surface area contributed by atoms with Crippen LogP contribution in [0, 0.1) is 6.92 Å². The van der Waals surface area contributed by atoms with Gasteiger partial charge in [0, 0.05) is 12.6 Å². The van der Waals surface area contributed by atoms with Crippen LogP contribution in [0.3, 0.4) is 0 Å². The lowest BCUT2D eigenvalue weighted by Crippen LogP contribution is -2.41. The van der Waals surface area contributed by atoms with Crippen LogP contribution < -0.4 is 0 Å². The molecule has 184 valence electrons. The molecule has 0 aliphatic carbocycles. The number of hydrogen-bond donors (Lipinski definition) is 0. The first-order chi connectivity index (χ1) is 16.5. The summed E-state index contributed by atoms with van der Waals surface area (Å²) in [4.78, 5) is 23.0. The number of aryl methyl sites for hydroxylation is 1. The highest BCUT2D eigenvalue weighted by atomic mass is 35.5. The topological polar surface area (TPSA) is 114 Å². The van der Waals surface area contributed by atoms with Gasteiger partial charge in [0.25, 0.3) is 5.91 Å². The number of benzene rings is 2. The van der Waals surface area contributed by atoms with Crippen molar-refractivity contribution in [2.24, 2.45) is 0 Å². The maximum Gasteiger partial charge on any atom is 0.274 e. The molecule has 0 N–H and O–H groups in total. The van der Waals surface area contributed by atoms with Crippen LogP contribution in [0.5, 0.6) is 0 Å². The zero-order chi connectivity index (χ0) is 25.2. The van der Waals surface area contributed by atoms with E-state index >= 15 is 0 Å². The Morgan fingerprint density at radius 3 is 2.49 bits per heavy atom. The van der Waals surface area contributed by atoms with Gasteiger partial charge in [0.2, 0.25) is 15.0 Å². The van der Waals surface area contributed by atoms with Crippen molar-refractivity contribution in [1.82, 2.24) is 14.9 Å². The molecule has 2 heterocycles. The fourth-order valence-electron chi connectivity index (χ4n) is 4.04. The molecule has 1 saturated heterocycles. The second-order valence-corrected chi connectivity index (χ2v) is 13.1. The predicted molar refractivity (Wildman–Crippen MR) is 132 cm³/mol. The average molecular weight is 534 g/mol. The van der Waals surface area contributed by atoms with Crippen molar-refractivity contribution in [2.75, 3.05) is 11.5 Å². The van der Waals surface area contributed by atoms with E-state index in [9.17, 15) is 21.6 Å². The first kappa shape index (κ1) is 25.3. The zero-order valence-electron chi connectivity index (χ0n) is 19.0. The summed E-state index contributed by atoms with van der Waals surface area (Å²) < 4.78 is 50.3. The highest BCUT2D eigenvalue weighted by Gasteiger charge is 2.36. The normalized spacial score (nSPS) is 17.3. The Morgan fingerprint density at radius 2 is 1.83 bits per heavy atom. The monoisotopic (exact) mass is 533 g/mol. The lowest BCUT2D eigenvalue weighted by Gasteiger charge is -2.28. The number of halogens is 1. The highest BCUT2D eigenvalue weighted by Crippen LogP contribution is 2.25. The van der Waals surface area contributed by atoms with Crippen LogP contribution in [0.4, 0.5) is 0 Å². The molecule has 1 aliphatic rings. The predicted octanol–water partition coefficient (Wildman–Crippen LogP) is 3.24. The molecule has 1 fully saturated rings. The van der Waals surface area contributed by atoms with Gasteiger partial charge in [-0.1, -0.05) is 71.8 Å². The Hall–Kier alpha value is -2.82. The van der Waals surface area contributed by atoms with E-state index < -0.39 is 36.8 Å². The van der Waals surface area contributed by atoms with Crippen LogP contribution in [-0.4, -0.2) is 55.2 Å². The number of nitrogens with zero attached hydrogens (tertiary/aromatic N) is 3. The van der Waals surface area contributed by atoms with Crippen LogP contribution in [0.2, 0.25) is 5.02 Å². The van der Waals surface area contributed by atoms with E-state index in [2.05, 4.69) is 9.97 Å². The number of hydrogen-bond acceptors (Lipinski definition) is 7. The van der Waals surface area contributed by atoms with E-state index in [4.69, 9.17) is 11.6 Å². The standard InChI is InChI=1S/C24H24ClN3O5S2/c1-17-6-5-9-19(12-17)15-35(32,33)24-26-13-21(25)22(27-24)23(29)28(14-18-7-3-2-4-8-18)20-10-11-34(30,31)16-20/h2-9,12-13,20H,10-11,14-16H2,1H3. The van der Waals surface area contributed by atoms with Crippen LogP contribution >= 0.6 is 11.6 Å². The maximum atomic E-state index is 13.6. The molecule has 1 aromatic heterocycles. The van der Waals surface area contributed by atoms with Gasteiger partial charge in [0.1, 0.15) is 0 Å². The second kappa shape index (κ2) is 10.0. The van der Waals surface area contributed by atoms with Crippen molar-refractivity contribution in [3.63, 3.8) is 0 Å². The van der Waals surface area contributed by atoms with Gasteiger partial charge in [-0.3, -0.25) is 4.79 Å². The molecule has 1 aliphatic heterocycles. The van der Waals surface area contributed by atoms with Crippen molar-refractivity contribution in [1.29, 1.82) is 0 Å². The Kier molecular flexibility index (Phi) is 7.25. The van der Waals surface area contributed by atoms with Crippen molar-refractivity contribution < 1.29 is 21.6 Å². The Bertz CT molecular complexity index is 1460. The molecule has 4 rings (SSSR count). The van der Waals surface area contributed by atoms with Crippen LogP contribution in [0.15, 0.2) is 66.0 Å². The number of sulfone groups is 2. The molecule has 0 radical (unpaired) electrons. The van der Waals surface area contributed by atoms with Gasteiger partial charge < -0.3 is 4.90 Å². The van der Waals surface area contributed by atoms with Crippen molar-refractivity contribution in [3.05, 3.63) is 88.2 Å². The summed E-state index contributed by atoms with van der Waals surface area (Å²) in [5.74, 6) is -1.18. The van der Waals surface area contributed by atoms with Gasteiger partial charge in [-0.25, -0.2) is 26.8 Å². The fraction of sp³-hybridized carbons (Fsp3) is 0.292. The van der Waals surface area contributed by atoms with E-state index in [1.165, 1.54) is 4.90 Å². The Morgan fingerprint density at radius 1 is 1.11 bits per heavy atom. The molecule has 1 atom stereocenters. The Labute approximate surface area is 209 Å². The molecule has 0 saturated carbocycles. The van der Waals surface area contributed by atoms with Gasteiger partial charge in [0.05, 0.1) is 28.5 Å². The van der Waals surface area contributed by atoms with E-state index in [1.54, 1.807) is 18.2 Å². The molecular weight excluding hydrogens is 510 g/mol. The number of carbonyl (C=O) groups is 1. The van der Waals surface area contributed by atoms with Crippen molar-refractivity contribution in [2.45, 2.75) is 36.8 Å². The lowest BCUT2D eigenvalue weighted by atomic mass is 10.1. The van der Waals surface area contributed by atoms with E-state index in [-0.39, 0.29) is 40.9 Å². The molecule has 0 bridgehead atoms. The first-order valence-corrected chi connectivity index (χ1v) is 14.8. The molecule has 3 aromatic rings. The van der Waals surface area contributed by atoms with Gasteiger partial charge >= 0.3 is 0 Å². The van der Waals surface area contributed by atoms with E-state index in [0.717, 1.165) is 17.3 Å². The fourth-order valence-corrected chi connectivity index (χ4v) is 7.13. The van der Waals surface area contributed by atoms with Gasteiger partial charge in [-0.05, 0) is 24.5 Å². The third-order valence-electron chi connectivity index (χ3n) is 5.75. The summed E-state index contributed by atoms with van der Waals surface area (Å²) in [6.07, 6.45) is 1.37. The maximum absolute atomic E-state index is 13.6. The molecule has 2 aromatic carbocycles. The number of carbonyl (C=O) groups excluding carboxylic acids is 1. The number of rotatable bonds is 7. The average Bonchev–Trinajstić information content (AvgIpc) is 3.17. The van der Waals surface area contributed by atoms with Gasteiger partial charge in [0.15, 0.2) is 15.5 Å². The van der Waals surface area contributed by atoms with Crippen LogP contribution in [-0.2, 0) is 32.0 Å². The summed E-state index contributed by atoms with van der Waals surface area (Å²) in [6.45, 7) is 1.99. The lowest BCUT2D eigenvalue weighted by molar-refractivity contribution is 0.0674. The molecular formula is C24H24ClN3O5S2. The summed E-state index contributed by atoms with van der Waals surface area (Å²) in [7, 11) is -7.26. The Balaban J connectivity index is 1.68. The van der Waals surface area contributed by atoms with Crippen molar-refractivity contribution >= 4 is 37.2 Å². The quantitative estimate of drug-likeness (QED) is 0.428. The summed E-state index contributed by atoms with van der Waals surface area (Å²) in [6, 6.07) is 15.6. The summed E-state index contributed by atoms with van der Waals surface area (Å²) >= 11 is 6.25. The molecule has 11 heteroatoms. The molecule has 0 spiro atoms. The zero-order valence-corrected chi connectivity index (χ0v) is 21.4. The molecule has 8 nitrogen and oxygen atoms in total. The minimum Gasteiger partial charge on any atom is -0.329 e. The highest BCUT2D eigenvalue weighted by molar-refractivity contribution is 7.91. The molecule has 35 heavy (non-hydrogen) atoms. The van der Waals surface area contributed by atoms with Crippen LogP contribution in [0.1, 0.15) is 33.6 Å². The van der Waals surface area contributed by atoms with E-state index in [0.29, 0.717) is 5.56 Å². The number of aromatic nitrogens is 2. The third-order valence-corrected chi connectivity index (χ3v) is 9.24.